The molecule has 0 aliphatic carbocycles. The van der Waals surface area contributed by atoms with Gasteiger partial charge in [-0.25, -0.2) is 8.42 Å². The second-order valence-electron chi connectivity index (χ2n) is 12.1. The van der Waals surface area contributed by atoms with Crippen LogP contribution in [0.15, 0.2) is 78.9 Å². The summed E-state index contributed by atoms with van der Waals surface area (Å²) in [6.07, 6.45) is 1.34. The van der Waals surface area contributed by atoms with E-state index in [1.54, 1.807) is 30.3 Å². The predicted molar refractivity (Wildman–Crippen MR) is 171 cm³/mol. The van der Waals surface area contributed by atoms with Crippen molar-refractivity contribution in [3.63, 3.8) is 0 Å². The third kappa shape index (κ3) is 9.60. The first-order chi connectivity index (χ1) is 19.6. The summed E-state index contributed by atoms with van der Waals surface area (Å²) >= 11 is 6.26. The summed E-state index contributed by atoms with van der Waals surface area (Å²) < 4.78 is 27.1. The molecule has 226 valence electrons. The van der Waals surface area contributed by atoms with Crippen molar-refractivity contribution < 1.29 is 18.0 Å². The van der Waals surface area contributed by atoms with Crippen molar-refractivity contribution in [2.75, 3.05) is 23.7 Å². The summed E-state index contributed by atoms with van der Waals surface area (Å²) in [5.41, 5.74) is 2.91. The van der Waals surface area contributed by atoms with Gasteiger partial charge in [0.25, 0.3) is 0 Å². The molecule has 0 saturated heterocycles. The smallest absolute Gasteiger partial charge is 0.244 e. The number of amides is 2. The highest BCUT2D eigenvalue weighted by atomic mass is 35.5. The Balaban J connectivity index is 2.04. The Morgan fingerprint density at radius 1 is 0.905 bits per heavy atom. The van der Waals surface area contributed by atoms with Crippen LogP contribution in [-0.2, 0) is 38.0 Å². The van der Waals surface area contributed by atoms with Crippen LogP contribution in [0.2, 0.25) is 5.02 Å². The van der Waals surface area contributed by atoms with Crippen LogP contribution in [0, 0.1) is 5.92 Å². The maximum Gasteiger partial charge on any atom is 0.244 e. The average molecular weight is 612 g/mol. The number of anilines is 1. The molecule has 3 rings (SSSR count). The fourth-order valence-electron chi connectivity index (χ4n) is 4.55. The zero-order valence-corrected chi connectivity index (χ0v) is 26.9. The van der Waals surface area contributed by atoms with E-state index in [4.69, 9.17) is 11.6 Å². The molecule has 3 aromatic carbocycles. The number of halogens is 1. The van der Waals surface area contributed by atoms with Crippen LogP contribution < -0.4 is 9.62 Å². The Bertz CT molecular complexity index is 1450. The van der Waals surface area contributed by atoms with E-state index in [1.807, 2.05) is 62.4 Å². The zero-order chi connectivity index (χ0) is 31.1. The van der Waals surface area contributed by atoms with Crippen molar-refractivity contribution >= 4 is 39.1 Å². The number of sulfonamides is 1. The van der Waals surface area contributed by atoms with Crippen LogP contribution in [0.1, 0.15) is 51.3 Å². The van der Waals surface area contributed by atoms with Crippen LogP contribution >= 0.6 is 11.6 Å². The highest BCUT2D eigenvalue weighted by Crippen LogP contribution is 2.26. The molecular formula is C33H42ClN3O4S. The molecule has 0 radical (unpaired) electrons. The molecular weight excluding hydrogens is 570 g/mol. The number of hydrogen-bond donors (Lipinski definition) is 1. The van der Waals surface area contributed by atoms with Crippen LogP contribution in [-0.4, -0.2) is 50.5 Å². The lowest BCUT2D eigenvalue weighted by Crippen LogP contribution is -2.53. The summed E-state index contributed by atoms with van der Waals surface area (Å²) in [7, 11) is -3.84. The van der Waals surface area contributed by atoms with Gasteiger partial charge >= 0.3 is 0 Å². The minimum Gasteiger partial charge on any atom is -0.354 e. The lowest BCUT2D eigenvalue weighted by molar-refractivity contribution is -0.140. The van der Waals surface area contributed by atoms with E-state index in [0.29, 0.717) is 17.3 Å². The SMILES string of the molecule is CC(C)CNC(=O)[C@H](Cc1ccccc1)N(Cc1cccc(Cl)c1)C(=O)CN(c1ccc(C(C)(C)C)cc1)S(C)(=O)=O. The van der Waals surface area contributed by atoms with Gasteiger partial charge in [0, 0.05) is 24.5 Å². The predicted octanol–water partition coefficient (Wildman–Crippen LogP) is 5.82. The van der Waals surface area contributed by atoms with Gasteiger partial charge in [-0.1, -0.05) is 101 Å². The third-order valence-electron chi connectivity index (χ3n) is 6.90. The number of carbonyl (C=O) groups is 2. The first-order valence-electron chi connectivity index (χ1n) is 14.1. The first-order valence-corrected chi connectivity index (χ1v) is 16.3. The van der Waals surface area contributed by atoms with Crippen molar-refractivity contribution in [2.45, 2.75) is 59.0 Å². The summed E-state index contributed by atoms with van der Waals surface area (Å²) in [5, 5.41) is 3.48. The molecule has 1 atom stereocenters. The number of carbonyl (C=O) groups excluding carboxylic acids is 2. The Morgan fingerprint density at radius 2 is 1.52 bits per heavy atom. The summed E-state index contributed by atoms with van der Waals surface area (Å²) in [5.74, 6) is -0.593. The van der Waals surface area contributed by atoms with Gasteiger partial charge in [0.1, 0.15) is 12.6 Å². The van der Waals surface area contributed by atoms with E-state index in [1.165, 1.54) is 4.90 Å². The molecule has 2 amide bonds. The molecule has 0 aliphatic heterocycles. The maximum absolute atomic E-state index is 14.2. The summed E-state index contributed by atoms with van der Waals surface area (Å²) in [4.78, 5) is 29.3. The Morgan fingerprint density at radius 3 is 2.07 bits per heavy atom. The van der Waals surface area contributed by atoms with Crippen molar-refractivity contribution in [1.29, 1.82) is 0 Å². The van der Waals surface area contributed by atoms with Gasteiger partial charge < -0.3 is 10.2 Å². The second-order valence-corrected chi connectivity index (χ2v) is 14.4. The van der Waals surface area contributed by atoms with Crippen LogP contribution in [0.25, 0.3) is 0 Å². The van der Waals surface area contributed by atoms with E-state index < -0.39 is 28.5 Å². The van der Waals surface area contributed by atoms with Gasteiger partial charge in [-0.05, 0) is 52.3 Å². The van der Waals surface area contributed by atoms with Gasteiger partial charge in [-0.15, -0.1) is 0 Å². The molecule has 0 heterocycles. The van der Waals surface area contributed by atoms with E-state index in [2.05, 4.69) is 26.1 Å². The molecule has 7 nitrogen and oxygen atoms in total. The van der Waals surface area contributed by atoms with E-state index in [0.717, 1.165) is 27.3 Å². The lowest BCUT2D eigenvalue weighted by atomic mass is 9.87. The monoisotopic (exact) mass is 611 g/mol. The fourth-order valence-corrected chi connectivity index (χ4v) is 5.61. The number of hydrogen-bond acceptors (Lipinski definition) is 4. The quantitative estimate of drug-likeness (QED) is 0.280. The third-order valence-corrected chi connectivity index (χ3v) is 8.27. The Hall–Kier alpha value is -3.36. The Labute approximate surface area is 255 Å². The van der Waals surface area contributed by atoms with Crippen molar-refractivity contribution in [3.8, 4) is 0 Å². The molecule has 0 saturated carbocycles. The minimum atomic E-state index is -3.84. The molecule has 0 bridgehead atoms. The van der Waals surface area contributed by atoms with Gasteiger partial charge in [0.15, 0.2) is 0 Å². The molecule has 0 spiro atoms. The lowest BCUT2D eigenvalue weighted by Gasteiger charge is -2.33. The second kappa shape index (κ2) is 14.2. The molecule has 9 heteroatoms. The minimum absolute atomic E-state index is 0.0759. The van der Waals surface area contributed by atoms with Gasteiger partial charge in [0.2, 0.25) is 21.8 Å². The molecule has 0 aliphatic rings. The highest BCUT2D eigenvalue weighted by molar-refractivity contribution is 7.92. The molecule has 0 aromatic heterocycles. The largest absolute Gasteiger partial charge is 0.354 e. The van der Waals surface area contributed by atoms with Gasteiger partial charge in [0.05, 0.1) is 11.9 Å². The average Bonchev–Trinajstić information content (AvgIpc) is 2.91. The molecule has 0 fully saturated rings. The number of nitrogens with one attached hydrogen (secondary N) is 1. The van der Waals surface area contributed by atoms with Crippen LogP contribution in [0.5, 0.6) is 0 Å². The molecule has 1 N–H and O–H groups in total. The van der Waals surface area contributed by atoms with Crippen molar-refractivity contribution in [3.05, 3.63) is 101 Å². The van der Waals surface area contributed by atoms with Crippen LogP contribution in [0.4, 0.5) is 5.69 Å². The maximum atomic E-state index is 14.2. The van der Waals surface area contributed by atoms with Crippen LogP contribution in [0.3, 0.4) is 0 Å². The van der Waals surface area contributed by atoms with E-state index in [-0.39, 0.29) is 30.2 Å². The fraction of sp³-hybridized carbons (Fsp3) is 0.394. The van der Waals surface area contributed by atoms with E-state index >= 15 is 0 Å². The Kier molecular flexibility index (Phi) is 11.2. The normalized spacial score (nSPS) is 12.6. The zero-order valence-electron chi connectivity index (χ0n) is 25.3. The number of nitrogens with zero attached hydrogens (tertiary/aromatic N) is 2. The summed E-state index contributed by atoms with van der Waals surface area (Å²) in [6.45, 7) is 10.3. The molecule has 42 heavy (non-hydrogen) atoms. The topological polar surface area (TPSA) is 86.8 Å². The standard InChI is InChI=1S/C33H42ClN3O4S/c1-24(2)21-35-32(39)30(20-25-11-8-7-9-12-25)36(22-26-13-10-14-28(34)19-26)31(38)23-37(42(6,40)41)29-17-15-27(16-18-29)33(3,4)5/h7-19,24,30H,20-23H2,1-6H3,(H,35,39)/t30-/m0/s1. The van der Waals surface area contributed by atoms with E-state index in [9.17, 15) is 18.0 Å². The molecule has 3 aromatic rings. The van der Waals surface area contributed by atoms with Crippen molar-refractivity contribution in [1.82, 2.24) is 10.2 Å². The van der Waals surface area contributed by atoms with Gasteiger partial charge in [-0.3, -0.25) is 13.9 Å². The highest BCUT2D eigenvalue weighted by Gasteiger charge is 2.33. The molecule has 0 unspecified atom stereocenters. The number of rotatable bonds is 12. The van der Waals surface area contributed by atoms with Gasteiger partial charge in [-0.2, -0.15) is 0 Å². The first kappa shape index (κ1) is 33.1. The summed E-state index contributed by atoms with van der Waals surface area (Å²) in [6, 6.07) is 22.9. The van der Waals surface area contributed by atoms with Crippen molar-refractivity contribution in [2.24, 2.45) is 5.92 Å². The number of benzene rings is 3.